The molecule has 1 aromatic carbocycles. The van der Waals surface area contributed by atoms with E-state index in [2.05, 4.69) is 22.2 Å². The number of aromatic amines is 1. The molecule has 0 saturated carbocycles. The molecule has 5 heteroatoms. The van der Waals surface area contributed by atoms with Crippen LogP contribution >= 0.6 is 0 Å². The van der Waals surface area contributed by atoms with E-state index in [4.69, 9.17) is 4.74 Å². The Balaban J connectivity index is 1.91. The zero-order valence-electron chi connectivity index (χ0n) is 10.5. The van der Waals surface area contributed by atoms with Crippen LogP contribution in [-0.4, -0.2) is 28.2 Å². The third-order valence-corrected chi connectivity index (χ3v) is 3.73. The van der Waals surface area contributed by atoms with Crippen LogP contribution in [0.4, 0.5) is 10.3 Å². The van der Waals surface area contributed by atoms with Crippen LogP contribution in [-0.2, 0) is 4.74 Å². The largest absolute Gasteiger partial charge is 0.376 e. The van der Waals surface area contributed by atoms with E-state index in [0.29, 0.717) is 11.5 Å². The maximum absolute atomic E-state index is 13.1. The molecule has 1 fully saturated rings. The Labute approximate surface area is 105 Å². The van der Waals surface area contributed by atoms with Crippen LogP contribution in [0, 0.1) is 5.82 Å². The molecule has 0 bridgehead atoms. The lowest BCUT2D eigenvalue weighted by Gasteiger charge is -2.28. The first kappa shape index (κ1) is 11.5. The lowest BCUT2D eigenvalue weighted by molar-refractivity contribution is 0.105. The number of H-pyrrole nitrogens is 1. The Morgan fingerprint density at radius 2 is 2.39 bits per heavy atom. The van der Waals surface area contributed by atoms with Crippen LogP contribution in [0.2, 0.25) is 0 Å². The molecule has 0 radical (unpaired) electrons. The number of ether oxygens (including phenoxy) is 1. The highest BCUT2D eigenvalue weighted by Gasteiger charge is 2.37. The molecule has 96 valence electrons. The molecule has 1 aromatic heterocycles. The first-order valence-electron chi connectivity index (χ1n) is 6.12. The quantitative estimate of drug-likeness (QED) is 0.860. The molecule has 0 amide bonds. The molecular weight excluding hydrogens is 233 g/mol. The third kappa shape index (κ3) is 1.84. The van der Waals surface area contributed by atoms with Gasteiger partial charge in [-0.25, -0.2) is 9.37 Å². The minimum Gasteiger partial charge on any atom is -0.376 e. The second-order valence-corrected chi connectivity index (χ2v) is 5.05. The number of anilines is 1. The van der Waals surface area contributed by atoms with Gasteiger partial charge in [0.15, 0.2) is 0 Å². The predicted octanol–water partition coefficient (Wildman–Crippen LogP) is 2.68. The zero-order valence-corrected chi connectivity index (χ0v) is 10.5. The van der Waals surface area contributed by atoms with Crippen molar-refractivity contribution < 1.29 is 9.13 Å². The number of hydrogen-bond acceptors (Lipinski definition) is 3. The van der Waals surface area contributed by atoms with E-state index < -0.39 is 0 Å². The third-order valence-electron chi connectivity index (χ3n) is 3.73. The van der Waals surface area contributed by atoms with Crippen LogP contribution in [0.15, 0.2) is 18.2 Å². The summed E-state index contributed by atoms with van der Waals surface area (Å²) in [6.45, 7) is 4.90. The molecule has 2 heterocycles. The van der Waals surface area contributed by atoms with E-state index in [1.54, 1.807) is 6.07 Å². The molecule has 2 aromatic rings. The van der Waals surface area contributed by atoms with Gasteiger partial charge in [-0.3, -0.25) is 0 Å². The molecule has 3 rings (SSSR count). The minimum absolute atomic E-state index is 0.127. The van der Waals surface area contributed by atoms with Crippen LogP contribution < -0.4 is 5.32 Å². The van der Waals surface area contributed by atoms with E-state index >= 15 is 0 Å². The molecule has 18 heavy (non-hydrogen) atoms. The summed E-state index contributed by atoms with van der Waals surface area (Å²) in [5.41, 5.74) is 1.33. The van der Waals surface area contributed by atoms with Gasteiger partial charge in [-0.05, 0) is 38.5 Å². The monoisotopic (exact) mass is 249 g/mol. The Hall–Kier alpha value is -1.62. The van der Waals surface area contributed by atoms with Gasteiger partial charge in [0, 0.05) is 6.61 Å². The molecule has 1 saturated heterocycles. The fraction of sp³-hybridized carbons (Fsp3) is 0.462. The second kappa shape index (κ2) is 3.95. The van der Waals surface area contributed by atoms with E-state index in [0.717, 1.165) is 18.5 Å². The smallest absolute Gasteiger partial charge is 0.201 e. The molecule has 4 nitrogen and oxygen atoms in total. The van der Waals surface area contributed by atoms with Gasteiger partial charge in [0.2, 0.25) is 5.95 Å². The van der Waals surface area contributed by atoms with Crippen LogP contribution in [0.5, 0.6) is 0 Å². The first-order valence-corrected chi connectivity index (χ1v) is 6.12. The van der Waals surface area contributed by atoms with Crippen LogP contribution in [0.25, 0.3) is 11.0 Å². The number of rotatable bonds is 2. The highest BCUT2D eigenvalue weighted by atomic mass is 19.1. The van der Waals surface area contributed by atoms with Crippen molar-refractivity contribution >= 4 is 17.0 Å². The van der Waals surface area contributed by atoms with E-state index in [-0.39, 0.29) is 17.5 Å². The summed E-state index contributed by atoms with van der Waals surface area (Å²) in [6, 6.07) is 4.53. The van der Waals surface area contributed by atoms with E-state index in [9.17, 15) is 4.39 Å². The average Bonchev–Trinajstić information content (AvgIpc) is 2.83. The maximum Gasteiger partial charge on any atom is 0.201 e. The standard InChI is InChI=1S/C13H16FN3O/c1-8-13(2,5-6-18-8)17-12-15-10-4-3-9(14)7-11(10)16-12/h3-4,7-8H,5-6H2,1-2H3,(H2,15,16,17). The average molecular weight is 249 g/mol. The number of halogens is 1. The Morgan fingerprint density at radius 3 is 3.11 bits per heavy atom. The summed E-state index contributed by atoms with van der Waals surface area (Å²) in [6.07, 6.45) is 1.06. The lowest BCUT2D eigenvalue weighted by Crippen LogP contribution is -2.41. The minimum atomic E-state index is -0.263. The van der Waals surface area contributed by atoms with Crippen LogP contribution in [0.1, 0.15) is 20.3 Å². The van der Waals surface area contributed by atoms with E-state index in [1.807, 2.05) is 6.92 Å². The fourth-order valence-electron chi connectivity index (χ4n) is 2.31. The van der Waals surface area contributed by atoms with Crippen molar-refractivity contribution in [2.45, 2.75) is 31.9 Å². The van der Waals surface area contributed by atoms with Gasteiger partial charge in [-0.15, -0.1) is 0 Å². The molecule has 2 N–H and O–H groups in total. The summed E-state index contributed by atoms with van der Waals surface area (Å²) in [5, 5.41) is 3.36. The van der Waals surface area contributed by atoms with Gasteiger partial charge in [-0.2, -0.15) is 0 Å². The van der Waals surface area contributed by atoms with Gasteiger partial charge < -0.3 is 15.0 Å². The van der Waals surface area contributed by atoms with E-state index in [1.165, 1.54) is 12.1 Å². The molecule has 0 spiro atoms. The number of aromatic nitrogens is 2. The van der Waals surface area contributed by atoms with Gasteiger partial charge in [0.05, 0.1) is 22.7 Å². The topological polar surface area (TPSA) is 49.9 Å². The summed E-state index contributed by atoms with van der Waals surface area (Å²) >= 11 is 0. The van der Waals surface area contributed by atoms with Crippen molar-refractivity contribution in [2.24, 2.45) is 0 Å². The zero-order chi connectivity index (χ0) is 12.8. The summed E-state index contributed by atoms with van der Waals surface area (Å²) < 4.78 is 18.7. The SMILES string of the molecule is CC1OCCC1(C)Nc1nc2ccc(F)cc2[nH]1. The molecule has 0 aliphatic carbocycles. The Kier molecular flexibility index (Phi) is 2.52. The normalized spacial score (nSPS) is 27.8. The Morgan fingerprint density at radius 1 is 1.56 bits per heavy atom. The highest BCUT2D eigenvalue weighted by molar-refractivity contribution is 5.77. The number of benzene rings is 1. The molecular formula is C13H16FN3O. The Bertz CT molecular complexity index is 583. The summed E-state index contributed by atoms with van der Waals surface area (Å²) in [4.78, 5) is 7.50. The van der Waals surface area contributed by atoms with Gasteiger partial charge in [-0.1, -0.05) is 0 Å². The first-order chi connectivity index (χ1) is 8.57. The maximum atomic E-state index is 13.1. The van der Waals surface area contributed by atoms with Crippen LogP contribution in [0.3, 0.4) is 0 Å². The highest BCUT2D eigenvalue weighted by Crippen LogP contribution is 2.29. The number of nitrogens with zero attached hydrogens (tertiary/aromatic N) is 1. The number of fused-ring (bicyclic) bond motifs is 1. The molecule has 2 unspecified atom stereocenters. The van der Waals surface area contributed by atoms with Crippen molar-refractivity contribution in [3.63, 3.8) is 0 Å². The van der Waals surface area contributed by atoms with Gasteiger partial charge in [0.1, 0.15) is 5.82 Å². The van der Waals surface area contributed by atoms with Crippen molar-refractivity contribution in [3.8, 4) is 0 Å². The molecule has 1 aliphatic heterocycles. The van der Waals surface area contributed by atoms with Crippen molar-refractivity contribution in [3.05, 3.63) is 24.0 Å². The number of hydrogen-bond donors (Lipinski definition) is 2. The van der Waals surface area contributed by atoms with Gasteiger partial charge in [0.25, 0.3) is 0 Å². The fourth-order valence-corrected chi connectivity index (χ4v) is 2.31. The number of nitrogens with one attached hydrogen (secondary N) is 2. The number of imidazole rings is 1. The molecule has 2 atom stereocenters. The molecule has 1 aliphatic rings. The predicted molar refractivity (Wildman–Crippen MR) is 68.1 cm³/mol. The lowest BCUT2D eigenvalue weighted by atomic mass is 9.95. The summed E-state index contributed by atoms with van der Waals surface area (Å²) in [5.74, 6) is 0.400. The summed E-state index contributed by atoms with van der Waals surface area (Å²) in [7, 11) is 0. The second-order valence-electron chi connectivity index (χ2n) is 5.05. The van der Waals surface area contributed by atoms with Crippen molar-refractivity contribution in [1.82, 2.24) is 9.97 Å². The van der Waals surface area contributed by atoms with Crippen molar-refractivity contribution in [2.75, 3.05) is 11.9 Å². The van der Waals surface area contributed by atoms with Crippen molar-refractivity contribution in [1.29, 1.82) is 0 Å². The van der Waals surface area contributed by atoms with Gasteiger partial charge >= 0.3 is 0 Å².